The molecule has 4 N–H and O–H groups in total. The minimum atomic E-state index is -1.09. The molecule has 1 aromatic carbocycles. The predicted octanol–water partition coefficient (Wildman–Crippen LogP) is 2.03. The van der Waals surface area contributed by atoms with Gasteiger partial charge in [0.25, 0.3) is 5.91 Å². The zero-order valence-electron chi connectivity index (χ0n) is 17.0. The van der Waals surface area contributed by atoms with Crippen molar-refractivity contribution < 1.29 is 19.8 Å². The number of likely N-dealkylation sites (tertiary alicyclic amines) is 1. The molecule has 2 bridgehead atoms. The monoisotopic (exact) mass is 398 g/mol. The number of amides is 1. The largest absolute Gasteiger partial charge is 0.507 e. The van der Waals surface area contributed by atoms with Crippen LogP contribution in [0.15, 0.2) is 12.1 Å². The molecular weight excluding hydrogens is 368 g/mol. The number of rotatable bonds is 3. The Morgan fingerprint density at radius 3 is 2.72 bits per heavy atom. The number of Topliss-reactive ketones (excluding diaryl/α,β-unsaturated/α-hetero) is 1. The summed E-state index contributed by atoms with van der Waals surface area (Å²) in [5, 5.41) is 23.2. The van der Waals surface area contributed by atoms with Crippen molar-refractivity contribution in [1.82, 2.24) is 4.90 Å². The van der Waals surface area contributed by atoms with E-state index in [-0.39, 0.29) is 29.6 Å². The van der Waals surface area contributed by atoms with Crippen LogP contribution in [0.1, 0.15) is 73.4 Å². The van der Waals surface area contributed by atoms with Crippen LogP contribution < -0.4 is 5.73 Å². The number of piperidine rings is 1. The van der Waals surface area contributed by atoms with Gasteiger partial charge in [0.15, 0.2) is 0 Å². The van der Waals surface area contributed by atoms with E-state index in [4.69, 9.17) is 5.73 Å². The van der Waals surface area contributed by atoms with E-state index in [1.165, 1.54) is 19.3 Å². The van der Waals surface area contributed by atoms with Crippen molar-refractivity contribution in [2.24, 2.45) is 11.7 Å². The molecule has 1 aromatic rings. The standard InChI is InChI=1S/C23H30N2O4/c1-13(14-3-2-4-14)25-10-9-22-12-16(26)7-8-23(22,29)18(25)11-15-5-6-17(21(24)28)20(27)19(15)22/h5-6,13-14,18,27,29H,2-4,7-12H2,1H3,(H2,24,28)/t13-,18-,22+,23-/m1/s1. The summed E-state index contributed by atoms with van der Waals surface area (Å²) in [5.41, 5.74) is 5.15. The van der Waals surface area contributed by atoms with Gasteiger partial charge in [-0.1, -0.05) is 12.5 Å². The molecule has 29 heavy (non-hydrogen) atoms. The summed E-state index contributed by atoms with van der Waals surface area (Å²) in [5.74, 6) is -0.0402. The first-order valence-corrected chi connectivity index (χ1v) is 10.9. The highest BCUT2D eigenvalue weighted by Gasteiger charge is 2.66. The first-order chi connectivity index (χ1) is 13.8. The zero-order chi connectivity index (χ0) is 20.6. The molecule has 4 aliphatic rings. The average Bonchev–Trinajstić information content (AvgIpc) is 2.60. The summed E-state index contributed by atoms with van der Waals surface area (Å²) < 4.78 is 0. The highest BCUT2D eigenvalue weighted by Crippen LogP contribution is 2.60. The Morgan fingerprint density at radius 2 is 2.07 bits per heavy atom. The first kappa shape index (κ1) is 19.1. The summed E-state index contributed by atoms with van der Waals surface area (Å²) in [6, 6.07) is 3.76. The van der Waals surface area contributed by atoms with Gasteiger partial charge in [0.2, 0.25) is 0 Å². The van der Waals surface area contributed by atoms with Gasteiger partial charge in [0.1, 0.15) is 11.5 Å². The van der Waals surface area contributed by atoms with E-state index in [9.17, 15) is 19.8 Å². The Morgan fingerprint density at radius 1 is 1.31 bits per heavy atom. The molecule has 3 aliphatic carbocycles. The summed E-state index contributed by atoms with van der Waals surface area (Å²) in [6.07, 6.45) is 5.97. The number of nitrogens with two attached hydrogens (primary N) is 1. The highest BCUT2D eigenvalue weighted by atomic mass is 16.3. The Kier molecular flexibility index (Phi) is 4.13. The van der Waals surface area contributed by atoms with Crippen molar-refractivity contribution in [3.05, 3.63) is 28.8 Å². The molecule has 0 spiro atoms. The summed E-state index contributed by atoms with van der Waals surface area (Å²) >= 11 is 0. The first-order valence-electron chi connectivity index (χ1n) is 10.9. The molecule has 6 nitrogen and oxygen atoms in total. The molecule has 2 saturated carbocycles. The second-order valence-electron chi connectivity index (χ2n) is 9.72. The van der Waals surface area contributed by atoms with E-state index >= 15 is 0 Å². The number of hydrogen-bond acceptors (Lipinski definition) is 5. The van der Waals surface area contributed by atoms with Gasteiger partial charge in [-0.25, -0.2) is 0 Å². The third-order valence-corrected chi connectivity index (χ3v) is 8.64. The molecule has 156 valence electrons. The van der Waals surface area contributed by atoms with Crippen molar-refractivity contribution in [1.29, 1.82) is 0 Å². The lowest BCUT2D eigenvalue weighted by atomic mass is 9.49. The fourth-order valence-electron chi connectivity index (χ4n) is 6.83. The van der Waals surface area contributed by atoms with E-state index < -0.39 is 16.9 Å². The summed E-state index contributed by atoms with van der Waals surface area (Å²) in [6.45, 7) is 3.06. The number of fused-ring (bicyclic) bond motifs is 1. The molecular formula is C23H30N2O4. The minimum absolute atomic E-state index is 0.0715. The smallest absolute Gasteiger partial charge is 0.252 e. The number of phenols is 1. The third-order valence-electron chi connectivity index (χ3n) is 8.64. The van der Waals surface area contributed by atoms with Crippen LogP contribution in [-0.4, -0.2) is 51.0 Å². The predicted molar refractivity (Wildman–Crippen MR) is 108 cm³/mol. The van der Waals surface area contributed by atoms with Crippen LogP contribution in [0, 0.1) is 5.92 Å². The van der Waals surface area contributed by atoms with Crippen LogP contribution in [-0.2, 0) is 16.6 Å². The molecule has 1 aliphatic heterocycles. The van der Waals surface area contributed by atoms with Crippen LogP contribution in [0.3, 0.4) is 0 Å². The zero-order valence-corrected chi connectivity index (χ0v) is 17.0. The summed E-state index contributed by atoms with van der Waals surface area (Å²) in [4.78, 5) is 26.9. The van der Waals surface area contributed by atoms with Crippen LogP contribution in [0.5, 0.6) is 5.75 Å². The van der Waals surface area contributed by atoms with Crippen molar-refractivity contribution in [2.45, 2.75) is 81.4 Å². The third kappa shape index (κ3) is 2.42. The Hall–Kier alpha value is -1.92. The van der Waals surface area contributed by atoms with Gasteiger partial charge < -0.3 is 15.9 Å². The molecule has 1 amide bonds. The fourth-order valence-corrected chi connectivity index (χ4v) is 6.83. The van der Waals surface area contributed by atoms with Gasteiger partial charge in [-0.2, -0.15) is 0 Å². The maximum absolute atomic E-state index is 12.6. The maximum atomic E-state index is 12.6. The molecule has 6 heteroatoms. The molecule has 1 saturated heterocycles. The number of primary amides is 1. The lowest BCUT2D eigenvalue weighted by Gasteiger charge is -2.65. The van der Waals surface area contributed by atoms with Crippen molar-refractivity contribution in [3.63, 3.8) is 0 Å². The SMILES string of the molecule is C[C@H](C1CCC1)N1CC[C@@]23CC(=O)CC[C@@]2(O)[C@H]1Cc1ccc(C(N)=O)c(O)c13. The van der Waals surface area contributed by atoms with Crippen LogP contribution in [0.4, 0.5) is 0 Å². The minimum Gasteiger partial charge on any atom is -0.507 e. The summed E-state index contributed by atoms with van der Waals surface area (Å²) in [7, 11) is 0. The highest BCUT2D eigenvalue weighted by molar-refractivity contribution is 5.96. The number of benzene rings is 1. The van der Waals surface area contributed by atoms with E-state index in [2.05, 4.69) is 11.8 Å². The Bertz CT molecular complexity index is 895. The average molecular weight is 399 g/mol. The number of aromatic hydroxyl groups is 1. The van der Waals surface area contributed by atoms with Crippen LogP contribution >= 0.6 is 0 Å². The number of carbonyl (C=O) groups excluding carboxylic acids is 2. The number of aliphatic hydroxyl groups is 1. The quantitative estimate of drug-likeness (QED) is 0.723. The van der Waals surface area contributed by atoms with Crippen LogP contribution in [0.2, 0.25) is 0 Å². The number of nitrogens with zero attached hydrogens (tertiary/aromatic N) is 1. The lowest BCUT2D eigenvalue weighted by molar-refractivity contribution is -0.182. The second kappa shape index (κ2) is 6.29. The van der Waals surface area contributed by atoms with Gasteiger partial charge in [-0.05, 0) is 63.1 Å². The number of carbonyl (C=O) groups is 2. The van der Waals surface area contributed by atoms with E-state index in [1.807, 2.05) is 6.07 Å². The Labute approximate surface area is 171 Å². The van der Waals surface area contributed by atoms with E-state index in [0.29, 0.717) is 43.2 Å². The van der Waals surface area contributed by atoms with E-state index in [0.717, 1.165) is 12.1 Å². The topological polar surface area (TPSA) is 104 Å². The van der Waals surface area contributed by atoms with Crippen LogP contribution in [0.25, 0.3) is 0 Å². The molecule has 0 aromatic heterocycles. The molecule has 3 fully saturated rings. The molecule has 1 heterocycles. The van der Waals surface area contributed by atoms with Gasteiger partial charge in [0, 0.05) is 35.9 Å². The molecule has 0 radical (unpaired) electrons. The second-order valence-corrected chi connectivity index (χ2v) is 9.72. The van der Waals surface area contributed by atoms with Gasteiger partial charge in [0.05, 0.1) is 11.2 Å². The van der Waals surface area contributed by atoms with Gasteiger partial charge in [-0.15, -0.1) is 0 Å². The van der Waals surface area contributed by atoms with Crippen molar-refractivity contribution >= 4 is 11.7 Å². The molecule has 0 unspecified atom stereocenters. The molecule has 5 rings (SSSR count). The Balaban J connectivity index is 1.67. The molecule has 4 atom stereocenters. The lowest BCUT2D eigenvalue weighted by Crippen LogP contribution is -2.74. The fraction of sp³-hybridized carbons (Fsp3) is 0.652. The normalized spacial score (nSPS) is 35.4. The van der Waals surface area contributed by atoms with Gasteiger partial charge in [-0.3, -0.25) is 14.5 Å². The van der Waals surface area contributed by atoms with Crippen molar-refractivity contribution in [3.8, 4) is 5.75 Å². The van der Waals surface area contributed by atoms with Gasteiger partial charge >= 0.3 is 0 Å². The maximum Gasteiger partial charge on any atom is 0.252 e. The van der Waals surface area contributed by atoms with E-state index in [1.54, 1.807) is 6.07 Å². The van der Waals surface area contributed by atoms with Crippen molar-refractivity contribution in [2.75, 3.05) is 6.54 Å². The number of hydrogen-bond donors (Lipinski definition) is 3. The number of ketones is 1.